The Hall–Kier alpha value is -4.44. The van der Waals surface area contributed by atoms with Crippen LogP contribution in [0, 0.1) is 0 Å². The molecule has 3 heteroatoms. The monoisotopic (exact) mass is 571 g/mol. The second-order valence-electron chi connectivity index (χ2n) is 12.1. The van der Waals surface area contributed by atoms with Crippen molar-refractivity contribution in [2.75, 3.05) is 0 Å². The average Bonchev–Trinajstić information content (AvgIpc) is 3.74. The Kier molecular flexibility index (Phi) is 4.35. The van der Waals surface area contributed by atoms with Crippen LogP contribution in [0.4, 0.5) is 0 Å². The lowest BCUT2D eigenvalue weighted by atomic mass is 9.81. The molecule has 1 nitrogen and oxygen atoms in total. The fraction of sp³-hybridized carbons (Fsp3) is 0.0769. The molecule has 0 atom stereocenters. The highest BCUT2D eigenvalue weighted by Gasteiger charge is 2.40. The van der Waals surface area contributed by atoms with E-state index < -0.39 is 0 Å². The number of rotatable bonds is 1. The zero-order valence-corrected chi connectivity index (χ0v) is 24.9. The Bertz CT molecular complexity index is 2610. The zero-order valence-electron chi connectivity index (χ0n) is 23.2. The van der Waals surface area contributed by atoms with Crippen molar-refractivity contribution in [2.24, 2.45) is 0 Å². The first kappa shape index (κ1) is 23.2. The number of fused-ring (bicyclic) bond motifs is 15. The van der Waals surface area contributed by atoms with Gasteiger partial charge in [0.25, 0.3) is 0 Å². The topological polar surface area (TPSA) is 4.93 Å². The van der Waals surface area contributed by atoms with Crippen LogP contribution in [0.15, 0.2) is 115 Å². The van der Waals surface area contributed by atoms with Gasteiger partial charge in [0, 0.05) is 62.2 Å². The number of benzene rings is 6. The van der Waals surface area contributed by atoms with E-state index in [-0.39, 0.29) is 5.41 Å². The van der Waals surface area contributed by atoms with Gasteiger partial charge in [0.05, 0.1) is 11.0 Å². The SMILES string of the molecule is CC1(C)c2ccccc2-c2c1c1sc3ccccc3c1c1c2c2ccccc2n1-c1ccc2sc3ccccc3c2c1. The van der Waals surface area contributed by atoms with Gasteiger partial charge < -0.3 is 4.57 Å². The van der Waals surface area contributed by atoms with E-state index >= 15 is 0 Å². The van der Waals surface area contributed by atoms with Gasteiger partial charge in [-0.2, -0.15) is 0 Å². The van der Waals surface area contributed by atoms with Crippen molar-refractivity contribution < 1.29 is 0 Å². The molecule has 198 valence electrons. The minimum Gasteiger partial charge on any atom is -0.309 e. The molecular formula is C39H25NS2. The standard InChI is InChI=1S/C39H25NS2/c1-39(2)28-15-7-3-12-24(28)33-34-25-13-4-8-16-29(25)40(22-19-20-32-27(21-22)23-11-5-9-17-30(23)41-32)37(34)35-26-14-6-10-18-31(26)42-38(35)36(33)39/h3-21H,1-2H3. The molecular weight excluding hydrogens is 547 g/mol. The molecule has 0 spiro atoms. The first-order valence-electron chi connectivity index (χ1n) is 14.5. The van der Waals surface area contributed by atoms with E-state index in [9.17, 15) is 0 Å². The van der Waals surface area contributed by atoms with E-state index in [1.54, 1.807) is 0 Å². The molecule has 0 saturated heterocycles. The third-order valence-electron chi connectivity index (χ3n) is 9.55. The summed E-state index contributed by atoms with van der Waals surface area (Å²) in [5.41, 5.74) is 9.43. The number of para-hydroxylation sites is 1. The maximum Gasteiger partial charge on any atom is 0.0640 e. The van der Waals surface area contributed by atoms with Crippen LogP contribution in [-0.2, 0) is 5.41 Å². The molecule has 10 rings (SSSR count). The zero-order chi connectivity index (χ0) is 27.7. The molecule has 3 aromatic heterocycles. The van der Waals surface area contributed by atoms with Crippen molar-refractivity contribution in [2.45, 2.75) is 19.3 Å². The largest absolute Gasteiger partial charge is 0.309 e. The lowest BCUT2D eigenvalue weighted by molar-refractivity contribution is 0.667. The summed E-state index contributed by atoms with van der Waals surface area (Å²) in [7, 11) is 0. The first-order chi connectivity index (χ1) is 20.6. The van der Waals surface area contributed by atoms with Crippen LogP contribution in [0.1, 0.15) is 25.0 Å². The molecule has 0 fully saturated rings. The molecule has 3 heterocycles. The molecule has 9 aromatic rings. The average molecular weight is 572 g/mol. The van der Waals surface area contributed by atoms with E-state index in [2.05, 4.69) is 134 Å². The fourth-order valence-electron chi connectivity index (χ4n) is 7.79. The molecule has 0 saturated carbocycles. The minimum absolute atomic E-state index is 0.0864. The normalized spacial score (nSPS) is 14.1. The summed E-state index contributed by atoms with van der Waals surface area (Å²) in [4.78, 5) is 0. The molecule has 0 bridgehead atoms. The molecule has 0 aliphatic heterocycles. The number of thiophene rings is 2. The lowest BCUT2D eigenvalue weighted by Gasteiger charge is -2.22. The van der Waals surface area contributed by atoms with Gasteiger partial charge in [-0.3, -0.25) is 0 Å². The third kappa shape index (κ3) is 2.74. The Morgan fingerprint density at radius 1 is 0.571 bits per heavy atom. The first-order valence-corrected chi connectivity index (χ1v) is 16.2. The van der Waals surface area contributed by atoms with Gasteiger partial charge in [0.1, 0.15) is 0 Å². The highest BCUT2D eigenvalue weighted by atomic mass is 32.1. The van der Waals surface area contributed by atoms with Gasteiger partial charge in [-0.15, -0.1) is 22.7 Å². The third-order valence-corrected chi connectivity index (χ3v) is 11.9. The Morgan fingerprint density at radius 3 is 2.10 bits per heavy atom. The number of hydrogen-bond acceptors (Lipinski definition) is 2. The van der Waals surface area contributed by atoms with E-state index in [4.69, 9.17) is 0 Å². The van der Waals surface area contributed by atoms with E-state index in [1.807, 2.05) is 22.7 Å². The van der Waals surface area contributed by atoms with Gasteiger partial charge >= 0.3 is 0 Å². The molecule has 1 aliphatic rings. The Labute approximate surface area is 250 Å². The fourth-order valence-corrected chi connectivity index (χ4v) is 10.3. The number of hydrogen-bond donors (Lipinski definition) is 0. The predicted octanol–water partition coefficient (Wildman–Crippen LogP) is 11.8. The number of aromatic nitrogens is 1. The van der Waals surface area contributed by atoms with Crippen molar-refractivity contribution in [3.8, 4) is 16.8 Å². The lowest BCUT2D eigenvalue weighted by Crippen LogP contribution is -2.15. The quantitative estimate of drug-likeness (QED) is 0.185. The summed E-state index contributed by atoms with van der Waals surface area (Å²) in [5, 5.41) is 8.11. The van der Waals surface area contributed by atoms with Crippen molar-refractivity contribution in [3.05, 3.63) is 126 Å². The van der Waals surface area contributed by atoms with E-state index in [1.165, 1.54) is 90.1 Å². The van der Waals surface area contributed by atoms with Gasteiger partial charge in [0.2, 0.25) is 0 Å². The summed E-state index contributed by atoms with van der Waals surface area (Å²) >= 11 is 3.84. The van der Waals surface area contributed by atoms with Gasteiger partial charge in [-0.25, -0.2) is 0 Å². The summed E-state index contributed by atoms with van der Waals surface area (Å²) < 4.78 is 8.01. The summed E-state index contributed by atoms with van der Waals surface area (Å²) in [6.07, 6.45) is 0. The van der Waals surface area contributed by atoms with Gasteiger partial charge in [0.15, 0.2) is 0 Å². The predicted molar refractivity (Wildman–Crippen MR) is 184 cm³/mol. The summed E-state index contributed by atoms with van der Waals surface area (Å²) in [5.74, 6) is 0. The maximum atomic E-state index is 2.56. The maximum absolute atomic E-state index is 2.56. The van der Waals surface area contributed by atoms with Crippen molar-refractivity contribution in [1.82, 2.24) is 4.57 Å². The Balaban J connectivity index is 1.49. The molecule has 0 amide bonds. The highest BCUT2D eigenvalue weighted by Crippen LogP contribution is 2.58. The van der Waals surface area contributed by atoms with Crippen LogP contribution in [0.2, 0.25) is 0 Å². The summed E-state index contributed by atoms with van der Waals surface area (Å²) in [6, 6.07) is 43.0. The van der Waals surface area contributed by atoms with Crippen LogP contribution < -0.4 is 0 Å². The van der Waals surface area contributed by atoms with Gasteiger partial charge in [-0.1, -0.05) is 92.7 Å². The second-order valence-corrected chi connectivity index (χ2v) is 14.2. The van der Waals surface area contributed by atoms with Crippen LogP contribution >= 0.6 is 22.7 Å². The second kappa shape index (κ2) is 7.89. The van der Waals surface area contributed by atoms with Crippen LogP contribution in [0.3, 0.4) is 0 Å². The van der Waals surface area contributed by atoms with Crippen LogP contribution in [0.25, 0.3) is 79.0 Å². The van der Waals surface area contributed by atoms with Gasteiger partial charge in [-0.05, 0) is 58.7 Å². The van der Waals surface area contributed by atoms with Crippen molar-refractivity contribution in [3.63, 3.8) is 0 Å². The highest BCUT2D eigenvalue weighted by molar-refractivity contribution is 7.26. The van der Waals surface area contributed by atoms with E-state index in [0.29, 0.717) is 0 Å². The molecule has 6 aromatic carbocycles. The molecule has 0 radical (unpaired) electrons. The molecule has 0 N–H and O–H groups in total. The molecule has 1 aliphatic carbocycles. The van der Waals surface area contributed by atoms with Crippen molar-refractivity contribution in [1.29, 1.82) is 0 Å². The van der Waals surface area contributed by atoms with Crippen LogP contribution in [0.5, 0.6) is 0 Å². The van der Waals surface area contributed by atoms with Crippen LogP contribution in [-0.4, -0.2) is 4.57 Å². The Morgan fingerprint density at radius 2 is 1.24 bits per heavy atom. The summed E-state index contributed by atoms with van der Waals surface area (Å²) in [6.45, 7) is 4.84. The molecule has 0 unspecified atom stereocenters. The smallest absolute Gasteiger partial charge is 0.0640 e. The number of nitrogens with zero attached hydrogens (tertiary/aromatic N) is 1. The van der Waals surface area contributed by atoms with E-state index in [0.717, 1.165) is 0 Å². The van der Waals surface area contributed by atoms with Crippen molar-refractivity contribution >= 4 is 84.8 Å². The molecule has 42 heavy (non-hydrogen) atoms. The minimum atomic E-state index is -0.0864.